The minimum Gasteiger partial charge on any atom is -0.460 e. The largest absolute Gasteiger partial charge is 0.460 e. The minimum absolute atomic E-state index is 0.131. The lowest BCUT2D eigenvalue weighted by atomic mass is 10.1. The lowest BCUT2D eigenvalue weighted by molar-refractivity contribution is 0.0511. The second kappa shape index (κ2) is 4.61. The van der Waals surface area contributed by atoms with E-state index in [0.717, 1.165) is 18.9 Å². The first-order valence-electron chi connectivity index (χ1n) is 5.38. The Kier molecular flexibility index (Phi) is 3.19. The van der Waals surface area contributed by atoms with E-state index in [1.54, 1.807) is 18.7 Å². The van der Waals surface area contributed by atoms with Crippen molar-refractivity contribution in [1.82, 2.24) is 14.8 Å². The van der Waals surface area contributed by atoms with Crippen molar-refractivity contribution in [2.24, 2.45) is 7.05 Å². The monoisotopic (exact) mass is 225 g/mol. The Morgan fingerprint density at radius 3 is 3.12 bits per heavy atom. The number of rotatable bonds is 3. The highest BCUT2D eigenvalue weighted by molar-refractivity contribution is 5.84. The van der Waals surface area contributed by atoms with Gasteiger partial charge in [-0.1, -0.05) is 0 Å². The predicted molar refractivity (Wildman–Crippen MR) is 55.1 cm³/mol. The van der Waals surface area contributed by atoms with Gasteiger partial charge in [-0.15, -0.1) is 5.10 Å². The summed E-state index contributed by atoms with van der Waals surface area (Å²) in [5, 5.41) is 4.05. The summed E-state index contributed by atoms with van der Waals surface area (Å²) in [6.07, 6.45) is 0.925. The number of carbonyl (C=O) groups is 1. The van der Waals surface area contributed by atoms with Crippen LogP contribution in [0.4, 0.5) is 0 Å². The average molecular weight is 225 g/mol. The Morgan fingerprint density at radius 2 is 2.50 bits per heavy atom. The van der Waals surface area contributed by atoms with Gasteiger partial charge >= 0.3 is 5.97 Å². The molecule has 6 nitrogen and oxygen atoms in total. The summed E-state index contributed by atoms with van der Waals surface area (Å²) in [7, 11) is 1.78. The maximum atomic E-state index is 11.4. The quantitative estimate of drug-likeness (QED) is 0.701. The van der Waals surface area contributed by atoms with Crippen molar-refractivity contribution in [3.63, 3.8) is 0 Å². The molecule has 2 rings (SSSR count). The zero-order valence-corrected chi connectivity index (χ0v) is 9.47. The van der Waals surface area contributed by atoms with Gasteiger partial charge in [-0.3, -0.25) is 4.68 Å². The summed E-state index contributed by atoms with van der Waals surface area (Å²) in [6.45, 7) is 3.48. The Morgan fingerprint density at radius 1 is 1.69 bits per heavy atom. The second-order valence-corrected chi connectivity index (χ2v) is 3.70. The van der Waals surface area contributed by atoms with Gasteiger partial charge in [0.05, 0.1) is 13.2 Å². The van der Waals surface area contributed by atoms with Crippen LogP contribution in [0, 0.1) is 0 Å². The normalized spacial score (nSPS) is 20.0. The molecule has 1 aromatic heterocycles. The van der Waals surface area contributed by atoms with Crippen LogP contribution >= 0.6 is 0 Å². The van der Waals surface area contributed by atoms with Gasteiger partial charge in [-0.05, 0) is 13.3 Å². The first-order valence-corrected chi connectivity index (χ1v) is 5.38. The molecular formula is C10H15N3O3. The fourth-order valence-electron chi connectivity index (χ4n) is 1.77. The van der Waals surface area contributed by atoms with E-state index in [1.807, 2.05) is 0 Å². The van der Waals surface area contributed by atoms with Crippen molar-refractivity contribution >= 4 is 5.97 Å². The van der Waals surface area contributed by atoms with E-state index in [4.69, 9.17) is 9.47 Å². The third kappa shape index (κ3) is 2.06. The third-order valence-electron chi connectivity index (χ3n) is 2.55. The molecule has 0 aromatic carbocycles. The molecule has 88 valence electrons. The van der Waals surface area contributed by atoms with Crippen LogP contribution in [0.2, 0.25) is 0 Å². The molecule has 0 radical (unpaired) electrons. The lowest BCUT2D eigenvalue weighted by Gasteiger charge is -2.04. The van der Waals surface area contributed by atoms with Crippen molar-refractivity contribution in [1.29, 1.82) is 0 Å². The summed E-state index contributed by atoms with van der Waals surface area (Å²) in [6, 6.07) is 0. The highest BCUT2D eigenvalue weighted by Gasteiger charge is 2.25. The fourth-order valence-corrected chi connectivity index (χ4v) is 1.77. The van der Waals surface area contributed by atoms with E-state index in [9.17, 15) is 4.79 Å². The van der Waals surface area contributed by atoms with Crippen LogP contribution < -0.4 is 0 Å². The summed E-state index contributed by atoms with van der Waals surface area (Å²) in [5.74, 6) is 0.691. The molecule has 0 amide bonds. The SMILES string of the molecule is CCOC(=O)c1nc(C2CCOC2)n(C)n1. The first kappa shape index (κ1) is 11.1. The van der Waals surface area contributed by atoms with Crippen LogP contribution in [0.3, 0.4) is 0 Å². The molecule has 6 heteroatoms. The molecule has 1 atom stereocenters. The highest BCUT2D eigenvalue weighted by Crippen LogP contribution is 2.23. The molecule has 0 spiro atoms. The number of esters is 1. The number of aromatic nitrogens is 3. The molecule has 1 fully saturated rings. The Bertz CT molecular complexity index is 383. The van der Waals surface area contributed by atoms with Crippen LogP contribution in [0.5, 0.6) is 0 Å². The molecule has 1 aliphatic rings. The number of ether oxygens (including phenoxy) is 2. The van der Waals surface area contributed by atoms with Gasteiger partial charge < -0.3 is 9.47 Å². The first-order chi connectivity index (χ1) is 7.72. The number of carbonyl (C=O) groups excluding carboxylic acids is 1. The van der Waals surface area contributed by atoms with Crippen molar-refractivity contribution in [2.45, 2.75) is 19.3 Å². The molecule has 16 heavy (non-hydrogen) atoms. The Hall–Kier alpha value is -1.43. The zero-order chi connectivity index (χ0) is 11.5. The van der Waals surface area contributed by atoms with Crippen LogP contribution in [0.1, 0.15) is 35.7 Å². The number of hydrogen-bond donors (Lipinski definition) is 0. The van der Waals surface area contributed by atoms with E-state index >= 15 is 0 Å². The summed E-state index contributed by atoms with van der Waals surface area (Å²) in [5.41, 5.74) is 0. The van der Waals surface area contributed by atoms with E-state index in [1.165, 1.54) is 0 Å². The predicted octanol–water partition coefficient (Wildman–Crippen LogP) is 0.496. The van der Waals surface area contributed by atoms with E-state index < -0.39 is 5.97 Å². The maximum absolute atomic E-state index is 11.4. The number of nitrogens with zero attached hydrogens (tertiary/aromatic N) is 3. The number of aryl methyl sites for hydroxylation is 1. The zero-order valence-electron chi connectivity index (χ0n) is 9.47. The Labute approximate surface area is 93.6 Å². The molecule has 1 unspecified atom stereocenters. The van der Waals surface area contributed by atoms with Crippen molar-refractivity contribution < 1.29 is 14.3 Å². The summed E-state index contributed by atoms with van der Waals surface area (Å²) < 4.78 is 11.8. The molecule has 0 aliphatic carbocycles. The lowest BCUT2D eigenvalue weighted by Crippen LogP contribution is -2.07. The van der Waals surface area contributed by atoms with Gasteiger partial charge in [0.15, 0.2) is 0 Å². The van der Waals surface area contributed by atoms with Crippen molar-refractivity contribution in [3.8, 4) is 0 Å². The van der Waals surface area contributed by atoms with Crippen LogP contribution in [-0.4, -0.2) is 40.6 Å². The Balaban J connectivity index is 2.17. The standard InChI is InChI=1S/C10H15N3O3/c1-3-16-10(14)8-11-9(13(2)12-8)7-4-5-15-6-7/h7H,3-6H2,1-2H3. The van der Waals surface area contributed by atoms with Gasteiger partial charge in [0.1, 0.15) is 5.82 Å². The molecular weight excluding hydrogens is 210 g/mol. The van der Waals surface area contributed by atoms with Gasteiger partial charge in [0.2, 0.25) is 0 Å². The third-order valence-corrected chi connectivity index (χ3v) is 2.55. The summed E-state index contributed by atoms with van der Waals surface area (Å²) in [4.78, 5) is 15.6. The van der Waals surface area contributed by atoms with E-state index in [-0.39, 0.29) is 11.7 Å². The average Bonchev–Trinajstić information content (AvgIpc) is 2.86. The second-order valence-electron chi connectivity index (χ2n) is 3.70. The van der Waals surface area contributed by atoms with Gasteiger partial charge in [0, 0.05) is 19.6 Å². The molecule has 1 saturated heterocycles. The van der Waals surface area contributed by atoms with Gasteiger partial charge in [0.25, 0.3) is 5.82 Å². The highest BCUT2D eigenvalue weighted by atomic mass is 16.5. The van der Waals surface area contributed by atoms with Crippen molar-refractivity contribution in [3.05, 3.63) is 11.6 Å². The molecule has 2 heterocycles. The fraction of sp³-hybridized carbons (Fsp3) is 0.700. The van der Waals surface area contributed by atoms with Crippen LogP contribution in [-0.2, 0) is 16.5 Å². The topological polar surface area (TPSA) is 66.2 Å². The number of hydrogen-bond acceptors (Lipinski definition) is 5. The molecule has 0 N–H and O–H groups in total. The smallest absolute Gasteiger partial charge is 0.378 e. The molecule has 1 aromatic rings. The maximum Gasteiger partial charge on any atom is 0.378 e. The molecule has 0 bridgehead atoms. The van der Waals surface area contributed by atoms with E-state index in [2.05, 4.69) is 10.1 Å². The van der Waals surface area contributed by atoms with Crippen LogP contribution in [0.15, 0.2) is 0 Å². The van der Waals surface area contributed by atoms with Gasteiger partial charge in [-0.25, -0.2) is 9.78 Å². The van der Waals surface area contributed by atoms with E-state index in [0.29, 0.717) is 13.2 Å². The minimum atomic E-state index is -0.469. The van der Waals surface area contributed by atoms with Crippen molar-refractivity contribution in [2.75, 3.05) is 19.8 Å². The van der Waals surface area contributed by atoms with Gasteiger partial charge in [-0.2, -0.15) is 0 Å². The van der Waals surface area contributed by atoms with Crippen LogP contribution in [0.25, 0.3) is 0 Å². The molecule has 1 aliphatic heterocycles. The summed E-state index contributed by atoms with van der Waals surface area (Å²) >= 11 is 0. The molecule has 0 saturated carbocycles.